The van der Waals surface area contributed by atoms with Gasteiger partial charge in [0, 0.05) is 12.6 Å². The first kappa shape index (κ1) is 32.1. The van der Waals surface area contributed by atoms with Gasteiger partial charge in [0.15, 0.2) is 0 Å². The number of carbonyl (C=O) groups is 2. The van der Waals surface area contributed by atoms with Crippen molar-refractivity contribution in [3.8, 4) is 0 Å². The van der Waals surface area contributed by atoms with E-state index in [0.29, 0.717) is 10.6 Å². The minimum atomic E-state index is -4.30. The van der Waals surface area contributed by atoms with E-state index in [4.69, 9.17) is 34.8 Å². The molecular weight excluding hydrogens is 624 g/mol. The van der Waals surface area contributed by atoms with Crippen molar-refractivity contribution in [2.75, 3.05) is 10.8 Å². The lowest BCUT2D eigenvalue weighted by Gasteiger charge is -2.33. The van der Waals surface area contributed by atoms with Crippen molar-refractivity contribution in [1.29, 1.82) is 0 Å². The maximum atomic E-state index is 14.0. The van der Waals surface area contributed by atoms with E-state index in [9.17, 15) is 22.4 Å². The third kappa shape index (κ3) is 7.75. The SMILES string of the molecule is C[C@@H](C(=O)NC1CCCCC1)N(Cc1ccc(Cl)c(Cl)c1)C(=O)CN(c1ccc(F)c(Cl)c1)S(=O)(=O)c1ccccc1. The molecule has 0 spiro atoms. The van der Waals surface area contributed by atoms with Crippen molar-refractivity contribution in [3.05, 3.63) is 93.2 Å². The summed E-state index contributed by atoms with van der Waals surface area (Å²) in [5, 5.41) is 3.34. The molecule has 42 heavy (non-hydrogen) atoms. The van der Waals surface area contributed by atoms with Crippen LogP contribution < -0.4 is 9.62 Å². The molecule has 1 saturated carbocycles. The first-order chi connectivity index (χ1) is 20.0. The highest BCUT2D eigenvalue weighted by atomic mass is 35.5. The van der Waals surface area contributed by atoms with Crippen molar-refractivity contribution in [2.24, 2.45) is 0 Å². The second-order valence-electron chi connectivity index (χ2n) is 10.2. The van der Waals surface area contributed by atoms with E-state index in [1.54, 1.807) is 43.3 Å². The Morgan fingerprint density at radius 1 is 0.929 bits per heavy atom. The molecule has 4 rings (SSSR count). The lowest BCUT2D eigenvalue weighted by molar-refractivity contribution is -0.139. The number of halogens is 4. The molecular formula is C30H31Cl3FN3O4S. The summed E-state index contributed by atoms with van der Waals surface area (Å²) in [5.74, 6) is -1.75. The Morgan fingerprint density at radius 3 is 2.26 bits per heavy atom. The second kappa shape index (κ2) is 14.1. The smallest absolute Gasteiger partial charge is 0.264 e. The van der Waals surface area contributed by atoms with Gasteiger partial charge >= 0.3 is 0 Å². The molecule has 1 N–H and O–H groups in total. The molecule has 1 aliphatic rings. The van der Waals surface area contributed by atoms with Gasteiger partial charge in [-0.15, -0.1) is 0 Å². The fourth-order valence-corrected chi connectivity index (χ4v) is 6.80. The van der Waals surface area contributed by atoms with Crippen LogP contribution in [0.15, 0.2) is 71.6 Å². The first-order valence-corrected chi connectivity index (χ1v) is 16.1. The molecule has 0 aromatic heterocycles. The third-order valence-corrected chi connectivity index (χ3v) is 10.1. The summed E-state index contributed by atoms with van der Waals surface area (Å²) >= 11 is 18.3. The maximum absolute atomic E-state index is 14.0. The van der Waals surface area contributed by atoms with E-state index in [0.717, 1.165) is 48.5 Å². The van der Waals surface area contributed by atoms with Gasteiger partial charge in [0.2, 0.25) is 11.8 Å². The van der Waals surface area contributed by atoms with Gasteiger partial charge < -0.3 is 10.2 Å². The quantitative estimate of drug-likeness (QED) is 0.259. The highest BCUT2D eigenvalue weighted by Crippen LogP contribution is 2.29. The zero-order valence-electron chi connectivity index (χ0n) is 22.9. The number of nitrogens with one attached hydrogen (secondary N) is 1. The summed E-state index contributed by atoms with van der Waals surface area (Å²) < 4.78 is 42.5. The van der Waals surface area contributed by atoms with Crippen LogP contribution in [0.1, 0.15) is 44.6 Å². The highest BCUT2D eigenvalue weighted by Gasteiger charge is 2.33. The number of nitrogens with zero attached hydrogens (tertiary/aromatic N) is 2. The average Bonchev–Trinajstić information content (AvgIpc) is 2.98. The zero-order valence-corrected chi connectivity index (χ0v) is 26.0. The molecule has 1 aliphatic carbocycles. The van der Waals surface area contributed by atoms with E-state index in [1.165, 1.54) is 23.1 Å². The number of rotatable bonds is 10. The number of amides is 2. The maximum Gasteiger partial charge on any atom is 0.264 e. The Hall–Kier alpha value is -2.85. The lowest BCUT2D eigenvalue weighted by atomic mass is 9.95. The first-order valence-electron chi connectivity index (χ1n) is 13.5. The highest BCUT2D eigenvalue weighted by molar-refractivity contribution is 7.92. The summed E-state index contributed by atoms with van der Waals surface area (Å²) in [7, 11) is -4.30. The number of benzene rings is 3. The van der Waals surface area contributed by atoms with Gasteiger partial charge in [-0.2, -0.15) is 0 Å². The second-order valence-corrected chi connectivity index (χ2v) is 13.3. The standard InChI is InChI=1S/C30H31Cl3FN3O4S/c1-20(30(39)35-22-8-4-2-5-9-22)36(18-21-12-14-25(31)26(32)16-21)29(38)19-37(23-13-15-28(34)27(33)17-23)42(40,41)24-10-6-3-7-11-24/h3,6-7,10-17,20,22H,2,4-5,8-9,18-19H2,1H3,(H,35,39)/t20-/m0/s1. The predicted molar refractivity (Wildman–Crippen MR) is 164 cm³/mol. The topological polar surface area (TPSA) is 86.8 Å². The fourth-order valence-electron chi connectivity index (χ4n) is 4.87. The molecule has 1 fully saturated rings. The van der Waals surface area contributed by atoms with Crippen LogP contribution in [0, 0.1) is 5.82 Å². The Balaban J connectivity index is 1.70. The minimum absolute atomic E-state index is 0.00643. The molecule has 0 saturated heterocycles. The molecule has 224 valence electrons. The van der Waals surface area contributed by atoms with Crippen molar-refractivity contribution >= 4 is 62.3 Å². The van der Waals surface area contributed by atoms with Crippen LogP contribution in [0.2, 0.25) is 15.1 Å². The van der Waals surface area contributed by atoms with Crippen molar-refractivity contribution in [2.45, 2.75) is 62.6 Å². The monoisotopic (exact) mass is 653 g/mol. The molecule has 3 aromatic carbocycles. The van der Waals surface area contributed by atoms with Crippen molar-refractivity contribution in [3.63, 3.8) is 0 Å². The molecule has 0 radical (unpaired) electrons. The van der Waals surface area contributed by atoms with Gasteiger partial charge in [0.25, 0.3) is 10.0 Å². The van der Waals surface area contributed by atoms with Gasteiger partial charge in [-0.25, -0.2) is 12.8 Å². The molecule has 1 atom stereocenters. The summed E-state index contributed by atoms with van der Waals surface area (Å²) in [6.07, 6.45) is 4.85. The van der Waals surface area contributed by atoms with Crippen LogP contribution in [0.4, 0.5) is 10.1 Å². The molecule has 0 heterocycles. The molecule has 0 bridgehead atoms. The zero-order chi connectivity index (χ0) is 30.4. The minimum Gasteiger partial charge on any atom is -0.352 e. The summed E-state index contributed by atoms with van der Waals surface area (Å²) in [6, 6.07) is 14.9. The Morgan fingerprint density at radius 2 is 1.62 bits per heavy atom. The molecule has 0 unspecified atom stereocenters. The van der Waals surface area contributed by atoms with Crippen LogP contribution in [0.25, 0.3) is 0 Å². The normalized spacial score (nSPS) is 14.7. The van der Waals surface area contributed by atoms with E-state index in [1.807, 2.05) is 0 Å². The van der Waals surface area contributed by atoms with Gasteiger partial charge in [-0.1, -0.05) is 78.3 Å². The number of anilines is 1. The molecule has 12 heteroatoms. The molecule has 7 nitrogen and oxygen atoms in total. The molecule has 2 amide bonds. The number of hydrogen-bond acceptors (Lipinski definition) is 4. The summed E-state index contributed by atoms with van der Waals surface area (Å²) in [6.45, 7) is 0.873. The van der Waals surface area contributed by atoms with Crippen LogP contribution in [0.3, 0.4) is 0 Å². The Labute approximate surface area is 260 Å². The van der Waals surface area contributed by atoms with Crippen LogP contribution in [-0.4, -0.2) is 43.8 Å². The van der Waals surface area contributed by atoms with Crippen LogP contribution >= 0.6 is 34.8 Å². The van der Waals surface area contributed by atoms with Gasteiger partial charge in [-0.05, 0) is 67.8 Å². The van der Waals surface area contributed by atoms with Crippen molar-refractivity contribution < 1.29 is 22.4 Å². The van der Waals surface area contributed by atoms with E-state index in [2.05, 4.69) is 5.32 Å². The van der Waals surface area contributed by atoms with E-state index in [-0.39, 0.29) is 39.1 Å². The predicted octanol–water partition coefficient (Wildman–Crippen LogP) is 6.85. The van der Waals surface area contributed by atoms with E-state index < -0.39 is 34.3 Å². The number of sulfonamides is 1. The number of hydrogen-bond donors (Lipinski definition) is 1. The summed E-state index contributed by atoms with van der Waals surface area (Å²) in [4.78, 5) is 28.6. The van der Waals surface area contributed by atoms with Crippen LogP contribution in [-0.2, 0) is 26.2 Å². The van der Waals surface area contributed by atoms with Crippen LogP contribution in [0.5, 0.6) is 0 Å². The van der Waals surface area contributed by atoms with Gasteiger partial charge in [0.1, 0.15) is 18.4 Å². The number of carbonyl (C=O) groups excluding carboxylic acids is 2. The summed E-state index contributed by atoms with van der Waals surface area (Å²) in [5.41, 5.74) is 0.588. The average molecular weight is 655 g/mol. The Bertz CT molecular complexity index is 1540. The molecule has 0 aliphatic heterocycles. The fraction of sp³-hybridized carbons (Fsp3) is 0.333. The van der Waals surface area contributed by atoms with Gasteiger partial charge in [-0.3, -0.25) is 13.9 Å². The van der Waals surface area contributed by atoms with E-state index >= 15 is 0 Å². The Kier molecular flexibility index (Phi) is 10.8. The lowest BCUT2D eigenvalue weighted by Crippen LogP contribution is -2.53. The van der Waals surface area contributed by atoms with Gasteiger partial charge in [0.05, 0.1) is 25.7 Å². The molecule has 3 aromatic rings. The largest absolute Gasteiger partial charge is 0.352 e. The third-order valence-electron chi connectivity index (χ3n) is 7.26. The van der Waals surface area contributed by atoms with Crippen molar-refractivity contribution in [1.82, 2.24) is 10.2 Å².